The number of nitrogens with one attached hydrogen (secondary N) is 2. The topological polar surface area (TPSA) is 68.4 Å². The van der Waals surface area contributed by atoms with Crippen LogP contribution in [0.25, 0.3) is 10.6 Å². The van der Waals surface area contributed by atoms with E-state index in [9.17, 15) is 0 Å². The van der Waals surface area contributed by atoms with Crippen LogP contribution in [0.1, 0.15) is 5.56 Å². The van der Waals surface area contributed by atoms with E-state index in [1.54, 1.807) is 32.7 Å². The Bertz CT molecular complexity index is 774. The summed E-state index contributed by atoms with van der Waals surface area (Å²) in [6, 6.07) is 7.86. The predicted molar refractivity (Wildman–Crippen MR) is 95.3 cm³/mol. The van der Waals surface area contributed by atoms with Crippen molar-refractivity contribution in [2.24, 2.45) is 0 Å². The van der Waals surface area contributed by atoms with Gasteiger partial charge in [0, 0.05) is 29.9 Å². The standard InChI is InChI=1S/C17H19N3O3S/c1-21-13-7-12(8-14(22-2)17(13)23-3)18-9-11-10-19-20-16(11)15-5-4-6-24-15/h4-8,10,18H,9H2,1-3H3,(H,19,20). The second kappa shape index (κ2) is 7.27. The molecule has 2 heterocycles. The van der Waals surface area contributed by atoms with Gasteiger partial charge in [0.05, 0.1) is 38.1 Å². The summed E-state index contributed by atoms with van der Waals surface area (Å²) >= 11 is 1.68. The molecule has 0 spiro atoms. The van der Waals surface area contributed by atoms with Gasteiger partial charge in [0.1, 0.15) is 0 Å². The lowest BCUT2D eigenvalue weighted by molar-refractivity contribution is 0.324. The van der Waals surface area contributed by atoms with Crippen LogP contribution in [0.3, 0.4) is 0 Å². The van der Waals surface area contributed by atoms with E-state index in [4.69, 9.17) is 14.2 Å². The van der Waals surface area contributed by atoms with Gasteiger partial charge in [-0.15, -0.1) is 11.3 Å². The van der Waals surface area contributed by atoms with Gasteiger partial charge in [-0.3, -0.25) is 5.10 Å². The van der Waals surface area contributed by atoms with Crippen molar-refractivity contribution in [2.45, 2.75) is 6.54 Å². The molecule has 2 aromatic heterocycles. The highest BCUT2D eigenvalue weighted by Crippen LogP contribution is 2.40. The molecule has 3 rings (SSSR count). The molecule has 3 aromatic rings. The molecule has 0 saturated heterocycles. The number of methoxy groups -OCH3 is 3. The highest BCUT2D eigenvalue weighted by molar-refractivity contribution is 7.13. The molecular formula is C17H19N3O3S. The lowest BCUT2D eigenvalue weighted by atomic mass is 10.2. The molecule has 0 amide bonds. The SMILES string of the molecule is COc1cc(NCc2cn[nH]c2-c2cccs2)cc(OC)c1OC. The first-order valence-electron chi connectivity index (χ1n) is 7.36. The van der Waals surface area contributed by atoms with Crippen molar-refractivity contribution in [1.82, 2.24) is 10.2 Å². The second-order valence-corrected chi connectivity index (χ2v) is 5.96. The molecule has 126 valence electrons. The molecule has 2 N–H and O–H groups in total. The summed E-state index contributed by atoms with van der Waals surface area (Å²) in [5.74, 6) is 1.81. The first-order valence-corrected chi connectivity index (χ1v) is 8.24. The summed E-state index contributed by atoms with van der Waals surface area (Å²) < 4.78 is 16.1. The summed E-state index contributed by atoms with van der Waals surface area (Å²) in [4.78, 5) is 1.16. The van der Waals surface area contributed by atoms with E-state index in [1.807, 2.05) is 29.8 Å². The van der Waals surface area contributed by atoms with E-state index in [0.29, 0.717) is 23.8 Å². The summed E-state index contributed by atoms with van der Waals surface area (Å²) in [6.45, 7) is 0.627. The van der Waals surface area contributed by atoms with Gasteiger partial charge >= 0.3 is 0 Å². The largest absolute Gasteiger partial charge is 0.493 e. The third kappa shape index (κ3) is 3.16. The summed E-state index contributed by atoms with van der Waals surface area (Å²) in [5, 5.41) is 12.6. The van der Waals surface area contributed by atoms with Crippen molar-refractivity contribution in [3.63, 3.8) is 0 Å². The van der Waals surface area contributed by atoms with Crippen molar-refractivity contribution in [1.29, 1.82) is 0 Å². The monoisotopic (exact) mass is 345 g/mol. The Kier molecular flexibility index (Phi) is 4.90. The number of aromatic nitrogens is 2. The molecule has 0 radical (unpaired) electrons. The predicted octanol–water partition coefficient (Wildman–Crippen LogP) is 3.78. The van der Waals surface area contributed by atoms with Crippen LogP contribution in [-0.4, -0.2) is 31.5 Å². The summed E-state index contributed by atoms with van der Waals surface area (Å²) in [5.41, 5.74) is 3.00. The fourth-order valence-electron chi connectivity index (χ4n) is 2.46. The molecule has 1 aromatic carbocycles. The van der Waals surface area contributed by atoms with Gasteiger partial charge in [-0.05, 0) is 11.4 Å². The number of aromatic amines is 1. The Labute approximate surface area is 144 Å². The average Bonchev–Trinajstić information content (AvgIpc) is 3.29. The molecule has 24 heavy (non-hydrogen) atoms. The van der Waals surface area contributed by atoms with Crippen LogP contribution in [0.5, 0.6) is 17.2 Å². The molecule has 0 fully saturated rings. The number of benzene rings is 1. The van der Waals surface area contributed by atoms with Crippen LogP contribution in [0, 0.1) is 0 Å². The van der Waals surface area contributed by atoms with E-state index in [-0.39, 0.29) is 0 Å². The van der Waals surface area contributed by atoms with E-state index in [1.165, 1.54) is 0 Å². The van der Waals surface area contributed by atoms with Crippen molar-refractivity contribution >= 4 is 17.0 Å². The molecule has 0 aliphatic carbocycles. The third-order valence-corrected chi connectivity index (χ3v) is 4.52. The number of nitrogens with zero attached hydrogens (tertiary/aromatic N) is 1. The summed E-state index contributed by atoms with van der Waals surface area (Å²) in [6.07, 6.45) is 1.83. The molecule has 7 heteroatoms. The Morgan fingerprint density at radius 3 is 2.46 bits per heavy atom. The molecular weight excluding hydrogens is 326 g/mol. The summed E-state index contributed by atoms with van der Waals surface area (Å²) in [7, 11) is 4.80. The zero-order valence-electron chi connectivity index (χ0n) is 13.8. The maximum atomic E-state index is 5.38. The average molecular weight is 345 g/mol. The van der Waals surface area contributed by atoms with Crippen LogP contribution in [0.15, 0.2) is 35.8 Å². The van der Waals surface area contributed by atoms with Gasteiger partial charge in [-0.2, -0.15) is 5.10 Å². The van der Waals surface area contributed by atoms with Gasteiger partial charge in [-0.25, -0.2) is 0 Å². The van der Waals surface area contributed by atoms with Crippen molar-refractivity contribution in [3.05, 3.63) is 41.4 Å². The molecule has 0 atom stereocenters. The number of thiophene rings is 1. The number of hydrogen-bond donors (Lipinski definition) is 2. The van der Waals surface area contributed by atoms with E-state index < -0.39 is 0 Å². The van der Waals surface area contributed by atoms with Crippen molar-refractivity contribution < 1.29 is 14.2 Å². The number of hydrogen-bond acceptors (Lipinski definition) is 6. The number of anilines is 1. The highest BCUT2D eigenvalue weighted by atomic mass is 32.1. The van der Waals surface area contributed by atoms with Crippen LogP contribution in [0.4, 0.5) is 5.69 Å². The lowest BCUT2D eigenvalue weighted by Gasteiger charge is -2.15. The van der Waals surface area contributed by atoms with Crippen molar-refractivity contribution in [3.8, 4) is 27.8 Å². The Hall–Kier alpha value is -2.67. The maximum absolute atomic E-state index is 5.38. The normalized spacial score (nSPS) is 10.5. The van der Waals surface area contributed by atoms with E-state index >= 15 is 0 Å². The highest BCUT2D eigenvalue weighted by Gasteiger charge is 2.14. The molecule has 0 aliphatic rings. The first-order chi connectivity index (χ1) is 11.8. The Morgan fingerprint density at radius 1 is 1.12 bits per heavy atom. The maximum Gasteiger partial charge on any atom is 0.203 e. The molecule has 0 bridgehead atoms. The smallest absolute Gasteiger partial charge is 0.203 e. The molecule has 6 nitrogen and oxygen atoms in total. The number of H-pyrrole nitrogens is 1. The van der Waals surface area contributed by atoms with E-state index in [0.717, 1.165) is 21.8 Å². The van der Waals surface area contributed by atoms with Gasteiger partial charge in [0.25, 0.3) is 0 Å². The number of rotatable bonds is 7. The molecule has 0 unspecified atom stereocenters. The van der Waals surface area contributed by atoms with Crippen LogP contribution < -0.4 is 19.5 Å². The van der Waals surface area contributed by atoms with Gasteiger partial charge in [0.2, 0.25) is 5.75 Å². The molecule has 0 aliphatic heterocycles. The van der Waals surface area contributed by atoms with Crippen molar-refractivity contribution in [2.75, 3.05) is 26.6 Å². The Morgan fingerprint density at radius 2 is 1.88 bits per heavy atom. The first kappa shape index (κ1) is 16.2. The van der Waals surface area contributed by atoms with Gasteiger partial charge in [-0.1, -0.05) is 6.07 Å². The zero-order chi connectivity index (χ0) is 16.9. The minimum atomic E-state index is 0.577. The lowest BCUT2D eigenvalue weighted by Crippen LogP contribution is -2.02. The third-order valence-electron chi connectivity index (χ3n) is 3.63. The zero-order valence-corrected chi connectivity index (χ0v) is 14.6. The Balaban J connectivity index is 1.82. The van der Waals surface area contributed by atoms with Gasteiger partial charge < -0.3 is 19.5 Å². The number of ether oxygens (including phenoxy) is 3. The minimum Gasteiger partial charge on any atom is -0.493 e. The van der Waals surface area contributed by atoms with E-state index in [2.05, 4.69) is 21.6 Å². The minimum absolute atomic E-state index is 0.577. The van der Waals surface area contributed by atoms with Crippen LogP contribution >= 0.6 is 11.3 Å². The van der Waals surface area contributed by atoms with Crippen LogP contribution in [0.2, 0.25) is 0 Å². The molecule has 0 saturated carbocycles. The quantitative estimate of drug-likeness (QED) is 0.682. The fraction of sp³-hybridized carbons (Fsp3) is 0.235. The van der Waals surface area contributed by atoms with Crippen LogP contribution in [-0.2, 0) is 6.54 Å². The van der Waals surface area contributed by atoms with Gasteiger partial charge in [0.15, 0.2) is 11.5 Å². The fourth-order valence-corrected chi connectivity index (χ4v) is 3.22. The second-order valence-electron chi connectivity index (χ2n) is 5.02.